The number of hydrogen-bond donors (Lipinski definition) is 1. The molecule has 0 unspecified atom stereocenters. The molecule has 0 bridgehead atoms. The van der Waals surface area contributed by atoms with Crippen LogP contribution < -0.4 is 5.32 Å². The number of anilines is 1. The number of aromatic nitrogens is 5. The summed E-state index contributed by atoms with van der Waals surface area (Å²) in [7, 11) is 0. The lowest BCUT2D eigenvalue weighted by atomic mass is 10.2. The van der Waals surface area contributed by atoms with Crippen molar-refractivity contribution in [2.75, 3.05) is 5.32 Å². The van der Waals surface area contributed by atoms with E-state index in [1.54, 1.807) is 40.7 Å². The third-order valence-corrected chi connectivity index (χ3v) is 5.46. The van der Waals surface area contributed by atoms with Crippen LogP contribution in [0.25, 0.3) is 0 Å². The van der Waals surface area contributed by atoms with Gasteiger partial charge in [-0.05, 0) is 31.5 Å². The molecule has 1 aromatic carbocycles. The molecule has 0 saturated heterocycles. The first kappa shape index (κ1) is 21.4. The summed E-state index contributed by atoms with van der Waals surface area (Å²) in [6.45, 7) is 4.36. The van der Waals surface area contributed by atoms with E-state index < -0.39 is 5.91 Å². The molecule has 0 aliphatic rings. The largest absolute Gasteiger partial charge is 0.361 e. The number of amides is 1. The Balaban J connectivity index is 1.51. The normalized spacial score (nSPS) is 11.1. The minimum atomic E-state index is -0.431. The lowest BCUT2D eigenvalue weighted by Gasteiger charge is -2.07. The molecule has 3 aromatic heterocycles. The maximum Gasteiger partial charge on any atom is 0.279 e. The highest BCUT2D eigenvalue weighted by molar-refractivity contribution is 6.35. The molecule has 0 aliphatic carbocycles. The van der Waals surface area contributed by atoms with Gasteiger partial charge in [0.05, 0.1) is 24.3 Å². The Bertz CT molecular complexity index is 1260. The van der Waals surface area contributed by atoms with E-state index in [0.717, 1.165) is 11.3 Å². The zero-order valence-corrected chi connectivity index (χ0v) is 18.8. The van der Waals surface area contributed by atoms with Gasteiger partial charge in [-0.2, -0.15) is 10.2 Å². The molecule has 0 spiro atoms. The highest BCUT2D eigenvalue weighted by atomic mass is 35.5. The first-order valence-corrected chi connectivity index (χ1v) is 10.4. The molecular formula is C20H17Cl3N6O2. The number of rotatable bonds is 6. The molecule has 3 heterocycles. The van der Waals surface area contributed by atoms with Crippen molar-refractivity contribution < 1.29 is 9.32 Å². The van der Waals surface area contributed by atoms with E-state index >= 15 is 0 Å². The molecule has 4 aromatic rings. The molecular weight excluding hydrogens is 463 g/mol. The summed E-state index contributed by atoms with van der Waals surface area (Å²) >= 11 is 18.1. The Morgan fingerprint density at radius 3 is 2.65 bits per heavy atom. The summed E-state index contributed by atoms with van der Waals surface area (Å²) in [6, 6.07) is 7.06. The third-order valence-electron chi connectivity index (χ3n) is 4.68. The van der Waals surface area contributed by atoms with Gasteiger partial charge in [-0.1, -0.05) is 46.0 Å². The van der Waals surface area contributed by atoms with E-state index in [2.05, 4.69) is 20.7 Å². The number of aryl methyl sites for hydroxylation is 2. The van der Waals surface area contributed by atoms with E-state index in [0.29, 0.717) is 45.3 Å². The smallest absolute Gasteiger partial charge is 0.279 e. The zero-order valence-electron chi connectivity index (χ0n) is 16.6. The quantitative estimate of drug-likeness (QED) is 0.420. The summed E-state index contributed by atoms with van der Waals surface area (Å²) in [5.41, 5.74) is 2.49. The van der Waals surface area contributed by atoms with Gasteiger partial charge < -0.3 is 9.84 Å². The van der Waals surface area contributed by atoms with Gasteiger partial charge in [-0.25, -0.2) is 0 Å². The van der Waals surface area contributed by atoms with Crippen molar-refractivity contribution in [2.24, 2.45) is 0 Å². The van der Waals surface area contributed by atoms with Crippen LogP contribution in [0.3, 0.4) is 0 Å². The first-order chi connectivity index (χ1) is 14.8. The van der Waals surface area contributed by atoms with Gasteiger partial charge in [0.2, 0.25) is 0 Å². The second kappa shape index (κ2) is 8.74. The van der Waals surface area contributed by atoms with Crippen LogP contribution in [0.1, 0.15) is 33.1 Å². The van der Waals surface area contributed by atoms with Gasteiger partial charge in [-0.3, -0.25) is 14.2 Å². The van der Waals surface area contributed by atoms with Crippen LogP contribution in [0.2, 0.25) is 15.1 Å². The summed E-state index contributed by atoms with van der Waals surface area (Å²) in [6.07, 6.45) is 3.18. The minimum Gasteiger partial charge on any atom is -0.361 e. The maximum atomic E-state index is 12.8. The number of carbonyl (C=O) groups excluding carboxylic acids is 1. The van der Waals surface area contributed by atoms with Crippen molar-refractivity contribution in [3.8, 4) is 0 Å². The molecule has 1 N–H and O–H groups in total. The van der Waals surface area contributed by atoms with Gasteiger partial charge in [-0.15, -0.1) is 0 Å². The predicted octanol–water partition coefficient (Wildman–Crippen LogP) is 4.99. The Morgan fingerprint density at radius 2 is 1.94 bits per heavy atom. The standard InChI is InChI=1S/C20H17Cl3N6O2/c1-11-5-18(26-29(11)8-13-3-4-14(21)6-17(13)23)25-20(30)19-16(12(2)31-27-19)10-28-9-15(22)7-24-28/h3-7,9H,8,10H2,1-2H3,(H,25,26,30). The molecule has 0 saturated carbocycles. The van der Waals surface area contributed by atoms with Gasteiger partial charge >= 0.3 is 0 Å². The number of benzene rings is 1. The number of halogens is 3. The molecule has 0 radical (unpaired) electrons. The topological polar surface area (TPSA) is 90.8 Å². The highest BCUT2D eigenvalue weighted by Gasteiger charge is 2.21. The van der Waals surface area contributed by atoms with E-state index in [1.807, 2.05) is 13.0 Å². The van der Waals surface area contributed by atoms with Gasteiger partial charge in [0.15, 0.2) is 11.5 Å². The van der Waals surface area contributed by atoms with Crippen molar-refractivity contribution >= 4 is 46.5 Å². The van der Waals surface area contributed by atoms with E-state index in [4.69, 9.17) is 39.3 Å². The molecule has 11 heteroatoms. The van der Waals surface area contributed by atoms with E-state index in [-0.39, 0.29) is 5.69 Å². The molecule has 8 nitrogen and oxygen atoms in total. The van der Waals surface area contributed by atoms with Gasteiger partial charge in [0, 0.05) is 33.6 Å². The number of carbonyl (C=O) groups is 1. The highest BCUT2D eigenvalue weighted by Crippen LogP contribution is 2.23. The molecule has 4 rings (SSSR count). The zero-order chi connectivity index (χ0) is 22.1. The number of nitrogens with zero attached hydrogens (tertiary/aromatic N) is 5. The van der Waals surface area contributed by atoms with Crippen LogP contribution in [-0.2, 0) is 13.1 Å². The van der Waals surface area contributed by atoms with Crippen LogP contribution in [-0.4, -0.2) is 30.6 Å². The molecule has 0 fully saturated rings. The van der Waals surface area contributed by atoms with Crippen molar-refractivity contribution in [3.05, 3.63) is 80.0 Å². The monoisotopic (exact) mass is 478 g/mol. The van der Waals surface area contributed by atoms with Gasteiger partial charge in [0.1, 0.15) is 5.76 Å². The van der Waals surface area contributed by atoms with Crippen molar-refractivity contribution in [2.45, 2.75) is 26.9 Å². The lowest BCUT2D eigenvalue weighted by molar-refractivity contribution is 0.101. The van der Waals surface area contributed by atoms with Crippen molar-refractivity contribution in [1.29, 1.82) is 0 Å². The third kappa shape index (κ3) is 4.76. The van der Waals surface area contributed by atoms with Crippen LogP contribution in [0, 0.1) is 13.8 Å². The predicted molar refractivity (Wildman–Crippen MR) is 118 cm³/mol. The molecule has 0 atom stereocenters. The number of nitrogens with one attached hydrogen (secondary N) is 1. The van der Waals surface area contributed by atoms with Crippen molar-refractivity contribution in [1.82, 2.24) is 24.7 Å². The summed E-state index contributed by atoms with van der Waals surface area (Å²) in [5.74, 6) is 0.483. The van der Waals surface area contributed by atoms with E-state index in [9.17, 15) is 4.79 Å². The summed E-state index contributed by atoms with van der Waals surface area (Å²) in [4.78, 5) is 12.8. The second-order valence-corrected chi connectivity index (χ2v) is 8.22. The molecule has 31 heavy (non-hydrogen) atoms. The fourth-order valence-electron chi connectivity index (χ4n) is 3.06. The van der Waals surface area contributed by atoms with Crippen LogP contribution >= 0.6 is 34.8 Å². The Kier molecular flexibility index (Phi) is 6.04. The first-order valence-electron chi connectivity index (χ1n) is 9.23. The maximum absolute atomic E-state index is 12.8. The van der Waals surface area contributed by atoms with E-state index in [1.165, 1.54) is 6.20 Å². The Morgan fingerprint density at radius 1 is 1.13 bits per heavy atom. The van der Waals surface area contributed by atoms with Gasteiger partial charge in [0.25, 0.3) is 5.91 Å². The molecule has 1 amide bonds. The van der Waals surface area contributed by atoms with Crippen LogP contribution in [0.15, 0.2) is 41.2 Å². The Hall–Kier alpha value is -2.81. The fraction of sp³-hybridized carbons (Fsp3) is 0.200. The SMILES string of the molecule is Cc1onc(C(=O)Nc2cc(C)n(Cc3ccc(Cl)cc3Cl)n2)c1Cn1cc(Cl)cn1. The molecule has 160 valence electrons. The average molecular weight is 480 g/mol. The minimum absolute atomic E-state index is 0.164. The average Bonchev–Trinajstić information content (AvgIpc) is 3.38. The summed E-state index contributed by atoms with van der Waals surface area (Å²) in [5, 5.41) is 16.9. The van der Waals surface area contributed by atoms with Crippen molar-refractivity contribution in [3.63, 3.8) is 0 Å². The molecule has 0 aliphatic heterocycles. The second-order valence-electron chi connectivity index (χ2n) is 6.94. The fourth-order valence-corrected chi connectivity index (χ4v) is 3.69. The number of hydrogen-bond acceptors (Lipinski definition) is 5. The van der Waals surface area contributed by atoms with Crippen LogP contribution in [0.4, 0.5) is 5.82 Å². The summed E-state index contributed by atoms with van der Waals surface area (Å²) < 4.78 is 8.57. The van der Waals surface area contributed by atoms with Crippen LogP contribution in [0.5, 0.6) is 0 Å². The Labute approximate surface area is 192 Å². The lowest BCUT2D eigenvalue weighted by Crippen LogP contribution is -2.16.